The number of alkyl carbamates (subject to hydrolysis) is 1. The van der Waals surface area contributed by atoms with E-state index >= 15 is 0 Å². The molecule has 0 fully saturated rings. The highest BCUT2D eigenvalue weighted by atomic mass is 35.5. The van der Waals surface area contributed by atoms with Gasteiger partial charge < -0.3 is 14.8 Å². The van der Waals surface area contributed by atoms with Crippen LogP contribution < -0.4 is 10.1 Å². The summed E-state index contributed by atoms with van der Waals surface area (Å²) in [5, 5.41) is 4.44. The molecule has 0 radical (unpaired) electrons. The Kier molecular flexibility index (Phi) is 6.74. The molecule has 0 saturated heterocycles. The molecule has 1 aromatic carbocycles. The Morgan fingerprint density at radius 1 is 1.39 bits per heavy atom. The molecule has 4 nitrogen and oxygen atoms in total. The van der Waals surface area contributed by atoms with Gasteiger partial charge in [0.1, 0.15) is 11.9 Å². The first kappa shape index (κ1) is 17.6. The number of benzene rings is 1. The number of alkyl halides is 1. The fourth-order valence-corrected chi connectivity index (χ4v) is 3.21. The van der Waals surface area contributed by atoms with Crippen LogP contribution in [0.15, 0.2) is 35.7 Å². The molecule has 6 heteroatoms. The molecule has 2 aromatic rings. The minimum absolute atomic E-state index is 0.152. The Morgan fingerprint density at radius 3 is 2.83 bits per heavy atom. The maximum absolute atomic E-state index is 11.2. The summed E-state index contributed by atoms with van der Waals surface area (Å²) in [6, 6.07) is 9.89. The summed E-state index contributed by atoms with van der Waals surface area (Å²) in [5.41, 5.74) is 2.19. The lowest BCUT2D eigenvalue weighted by Gasteiger charge is -2.19. The van der Waals surface area contributed by atoms with Crippen molar-refractivity contribution in [3.63, 3.8) is 0 Å². The summed E-state index contributed by atoms with van der Waals surface area (Å²) >= 11 is 7.51. The molecule has 0 aliphatic carbocycles. The third kappa shape index (κ3) is 5.15. The van der Waals surface area contributed by atoms with Gasteiger partial charge in [0.2, 0.25) is 0 Å². The van der Waals surface area contributed by atoms with Crippen molar-refractivity contribution in [3.05, 3.63) is 51.7 Å². The maximum atomic E-state index is 11.2. The molecule has 1 atom stereocenters. The first-order valence-corrected chi connectivity index (χ1v) is 8.75. The number of thiophene rings is 1. The second kappa shape index (κ2) is 8.79. The normalized spacial score (nSPS) is 11.8. The van der Waals surface area contributed by atoms with Crippen LogP contribution in [-0.2, 0) is 10.6 Å². The Hall–Kier alpha value is -1.72. The number of amides is 1. The van der Waals surface area contributed by atoms with Crippen LogP contribution in [0.1, 0.15) is 28.5 Å². The fourth-order valence-electron chi connectivity index (χ4n) is 2.12. The molecule has 0 saturated carbocycles. The molecular weight excluding hydrogens is 334 g/mol. The number of hydrogen-bond donors (Lipinski definition) is 1. The Balaban J connectivity index is 2.05. The highest BCUT2D eigenvalue weighted by molar-refractivity contribution is 7.10. The van der Waals surface area contributed by atoms with E-state index in [0.29, 0.717) is 18.9 Å². The second-order valence-electron chi connectivity index (χ2n) is 5.02. The lowest BCUT2D eigenvalue weighted by atomic mass is 10.1. The van der Waals surface area contributed by atoms with Gasteiger partial charge in [-0.25, -0.2) is 4.79 Å². The SMILES string of the molecule is CNC(=O)OCCC(Oc1ccc(CCl)c(C)c1)c1cccs1. The summed E-state index contributed by atoms with van der Waals surface area (Å²) in [7, 11) is 1.54. The molecule has 0 aliphatic heterocycles. The van der Waals surface area contributed by atoms with Crippen molar-refractivity contribution in [2.75, 3.05) is 13.7 Å². The largest absolute Gasteiger partial charge is 0.485 e. The molecule has 0 aliphatic rings. The molecule has 1 N–H and O–H groups in total. The smallest absolute Gasteiger partial charge is 0.406 e. The van der Waals surface area contributed by atoms with Gasteiger partial charge in [0, 0.05) is 24.2 Å². The Labute approximate surface area is 145 Å². The van der Waals surface area contributed by atoms with Gasteiger partial charge in [-0.3, -0.25) is 0 Å². The number of rotatable bonds is 7. The number of aryl methyl sites for hydroxylation is 1. The van der Waals surface area contributed by atoms with Crippen LogP contribution in [0.3, 0.4) is 0 Å². The van der Waals surface area contributed by atoms with E-state index in [1.165, 1.54) is 7.05 Å². The summed E-state index contributed by atoms with van der Waals surface area (Å²) in [6.07, 6.45) is 0.00249. The highest BCUT2D eigenvalue weighted by Gasteiger charge is 2.16. The van der Waals surface area contributed by atoms with Crippen molar-refractivity contribution in [2.45, 2.75) is 25.3 Å². The summed E-state index contributed by atoms with van der Waals surface area (Å²) in [5.74, 6) is 1.27. The zero-order valence-electron chi connectivity index (χ0n) is 13.2. The standard InChI is InChI=1S/C17H20ClNO3S/c1-12-10-14(6-5-13(12)11-18)22-15(16-4-3-9-23-16)7-8-21-17(20)19-2/h3-6,9-10,15H,7-8,11H2,1-2H3,(H,19,20). The van der Waals surface area contributed by atoms with E-state index in [2.05, 4.69) is 5.32 Å². The van der Waals surface area contributed by atoms with Crippen molar-refractivity contribution < 1.29 is 14.3 Å². The first-order valence-electron chi connectivity index (χ1n) is 7.34. The highest BCUT2D eigenvalue weighted by Crippen LogP contribution is 2.29. The van der Waals surface area contributed by atoms with Crippen LogP contribution in [0.2, 0.25) is 0 Å². The van der Waals surface area contributed by atoms with Gasteiger partial charge in [-0.1, -0.05) is 12.1 Å². The van der Waals surface area contributed by atoms with E-state index in [-0.39, 0.29) is 6.10 Å². The first-order chi connectivity index (χ1) is 11.1. The molecule has 1 amide bonds. The van der Waals surface area contributed by atoms with Crippen LogP contribution in [-0.4, -0.2) is 19.7 Å². The number of nitrogens with one attached hydrogen (secondary N) is 1. The zero-order chi connectivity index (χ0) is 16.7. The predicted molar refractivity (Wildman–Crippen MR) is 93.4 cm³/mol. The lowest BCUT2D eigenvalue weighted by Crippen LogP contribution is -2.21. The van der Waals surface area contributed by atoms with Crippen molar-refractivity contribution in [2.24, 2.45) is 0 Å². The van der Waals surface area contributed by atoms with Crippen LogP contribution >= 0.6 is 22.9 Å². The molecule has 0 bridgehead atoms. The van der Waals surface area contributed by atoms with Crippen LogP contribution in [0.4, 0.5) is 4.79 Å². The maximum Gasteiger partial charge on any atom is 0.406 e. The Morgan fingerprint density at radius 2 is 2.22 bits per heavy atom. The van der Waals surface area contributed by atoms with E-state index in [1.54, 1.807) is 11.3 Å². The van der Waals surface area contributed by atoms with E-state index in [4.69, 9.17) is 21.1 Å². The second-order valence-corrected chi connectivity index (χ2v) is 6.26. The van der Waals surface area contributed by atoms with Gasteiger partial charge >= 0.3 is 6.09 Å². The van der Waals surface area contributed by atoms with Gasteiger partial charge in [-0.15, -0.1) is 22.9 Å². The van der Waals surface area contributed by atoms with E-state index in [1.807, 2.05) is 42.6 Å². The van der Waals surface area contributed by atoms with Gasteiger partial charge in [0.25, 0.3) is 0 Å². The molecule has 2 rings (SSSR count). The number of carbonyl (C=O) groups is 1. The third-order valence-electron chi connectivity index (χ3n) is 3.41. The minimum atomic E-state index is -0.433. The van der Waals surface area contributed by atoms with Gasteiger partial charge in [0.05, 0.1) is 6.61 Å². The van der Waals surface area contributed by atoms with Gasteiger partial charge in [0.15, 0.2) is 0 Å². The van der Waals surface area contributed by atoms with Crippen LogP contribution in [0, 0.1) is 6.92 Å². The van der Waals surface area contributed by atoms with E-state index < -0.39 is 6.09 Å². The lowest BCUT2D eigenvalue weighted by molar-refractivity contribution is 0.118. The van der Waals surface area contributed by atoms with Crippen molar-refractivity contribution in [1.29, 1.82) is 0 Å². The number of hydrogen-bond acceptors (Lipinski definition) is 4. The van der Waals surface area contributed by atoms with Gasteiger partial charge in [-0.05, 0) is 41.6 Å². The van der Waals surface area contributed by atoms with Crippen molar-refractivity contribution in [1.82, 2.24) is 5.32 Å². The topological polar surface area (TPSA) is 47.6 Å². The number of halogens is 1. The third-order valence-corrected chi connectivity index (χ3v) is 4.67. The summed E-state index contributed by atoms with van der Waals surface area (Å²) in [6.45, 7) is 2.31. The minimum Gasteiger partial charge on any atom is -0.485 e. The average Bonchev–Trinajstić information content (AvgIpc) is 3.08. The van der Waals surface area contributed by atoms with Crippen molar-refractivity contribution >= 4 is 29.0 Å². The van der Waals surface area contributed by atoms with Crippen LogP contribution in [0.25, 0.3) is 0 Å². The molecular formula is C17H20ClNO3S. The molecule has 1 unspecified atom stereocenters. The average molecular weight is 354 g/mol. The van der Waals surface area contributed by atoms with Crippen molar-refractivity contribution in [3.8, 4) is 5.75 Å². The Bertz CT molecular complexity index is 631. The predicted octanol–water partition coefficient (Wildman–Crippen LogP) is 4.66. The summed E-state index contributed by atoms with van der Waals surface area (Å²) < 4.78 is 11.2. The molecule has 1 heterocycles. The molecule has 23 heavy (non-hydrogen) atoms. The van der Waals surface area contributed by atoms with Gasteiger partial charge in [-0.2, -0.15) is 0 Å². The summed E-state index contributed by atoms with van der Waals surface area (Å²) in [4.78, 5) is 12.3. The molecule has 0 spiro atoms. The monoisotopic (exact) mass is 353 g/mol. The molecule has 124 valence electrons. The number of ether oxygens (including phenoxy) is 2. The number of carbonyl (C=O) groups excluding carboxylic acids is 1. The zero-order valence-corrected chi connectivity index (χ0v) is 14.7. The molecule has 1 aromatic heterocycles. The quantitative estimate of drug-likeness (QED) is 0.736. The van der Waals surface area contributed by atoms with E-state index in [0.717, 1.165) is 21.8 Å². The fraction of sp³-hybridized carbons (Fsp3) is 0.353. The van der Waals surface area contributed by atoms with E-state index in [9.17, 15) is 4.79 Å². The van der Waals surface area contributed by atoms with Crippen LogP contribution in [0.5, 0.6) is 5.75 Å².